The zero-order valence-electron chi connectivity index (χ0n) is 14.6. The SMILES string of the molecule is COC[C@@H]1CN(C(=O)N[C@H](C)Cc2ccc(C)cc2C)CCO1. The van der Waals surface area contributed by atoms with Gasteiger partial charge in [-0.3, -0.25) is 0 Å². The molecule has 1 heterocycles. The highest BCUT2D eigenvalue weighted by Gasteiger charge is 2.24. The third-order valence-electron chi connectivity index (χ3n) is 4.17. The minimum Gasteiger partial charge on any atom is -0.382 e. The van der Waals surface area contributed by atoms with Gasteiger partial charge in [-0.1, -0.05) is 23.8 Å². The lowest BCUT2D eigenvalue weighted by Gasteiger charge is -2.33. The van der Waals surface area contributed by atoms with Crippen LogP contribution in [-0.4, -0.2) is 56.5 Å². The maximum atomic E-state index is 12.4. The first-order valence-electron chi connectivity index (χ1n) is 8.21. The summed E-state index contributed by atoms with van der Waals surface area (Å²) in [6, 6.07) is 6.52. The number of methoxy groups -OCH3 is 1. The lowest BCUT2D eigenvalue weighted by molar-refractivity contribution is -0.0496. The third-order valence-corrected chi connectivity index (χ3v) is 4.17. The molecule has 1 fully saturated rings. The van der Waals surface area contributed by atoms with Gasteiger partial charge in [-0.2, -0.15) is 0 Å². The van der Waals surface area contributed by atoms with Gasteiger partial charge in [0.05, 0.1) is 25.9 Å². The molecule has 5 nitrogen and oxygen atoms in total. The number of benzene rings is 1. The summed E-state index contributed by atoms with van der Waals surface area (Å²) in [6.45, 7) is 8.54. The van der Waals surface area contributed by atoms with Crippen molar-refractivity contribution in [2.45, 2.75) is 39.3 Å². The number of morpholine rings is 1. The Kier molecular flexibility index (Phi) is 6.42. The minimum atomic E-state index is -0.0332. The second-order valence-electron chi connectivity index (χ2n) is 6.38. The van der Waals surface area contributed by atoms with Crippen LogP contribution < -0.4 is 5.32 Å². The number of rotatable bonds is 5. The maximum Gasteiger partial charge on any atom is 0.317 e. The van der Waals surface area contributed by atoms with E-state index in [-0.39, 0.29) is 18.2 Å². The van der Waals surface area contributed by atoms with Gasteiger partial charge < -0.3 is 19.7 Å². The fraction of sp³-hybridized carbons (Fsp3) is 0.611. The van der Waals surface area contributed by atoms with E-state index in [9.17, 15) is 4.79 Å². The normalized spacial score (nSPS) is 19.5. The summed E-state index contributed by atoms with van der Waals surface area (Å²) in [5.41, 5.74) is 3.82. The molecule has 2 amide bonds. The number of hydrogen-bond acceptors (Lipinski definition) is 3. The van der Waals surface area contributed by atoms with Crippen LogP contribution in [-0.2, 0) is 15.9 Å². The van der Waals surface area contributed by atoms with Crippen LogP contribution in [0.1, 0.15) is 23.6 Å². The van der Waals surface area contributed by atoms with Gasteiger partial charge in [0, 0.05) is 19.7 Å². The highest BCUT2D eigenvalue weighted by atomic mass is 16.5. The van der Waals surface area contributed by atoms with Crippen molar-refractivity contribution in [2.24, 2.45) is 0 Å². The Morgan fingerprint density at radius 3 is 2.96 bits per heavy atom. The number of nitrogens with one attached hydrogen (secondary N) is 1. The van der Waals surface area contributed by atoms with E-state index in [0.717, 1.165) is 6.42 Å². The minimum absolute atomic E-state index is 0.0216. The monoisotopic (exact) mass is 320 g/mol. The van der Waals surface area contributed by atoms with Gasteiger partial charge >= 0.3 is 6.03 Å². The van der Waals surface area contributed by atoms with Gasteiger partial charge in [-0.05, 0) is 38.3 Å². The van der Waals surface area contributed by atoms with Gasteiger partial charge in [0.1, 0.15) is 0 Å². The fourth-order valence-electron chi connectivity index (χ4n) is 2.95. The average molecular weight is 320 g/mol. The summed E-state index contributed by atoms with van der Waals surface area (Å²) in [5, 5.41) is 3.09. The summed E-state index contributed by atoms with van der Waals surface area (Å²) >= 11 is 0. The lowest BCUT2D eigenvalue weighted by Crippen LogP contribution is -2.52. The molecule has 1 aliphatic heterocycles. The summed E-state index contributed by atoms with van der Waals surface area (Å²) in [4.78, 5) is 14.2. The van der Waals surface area contributed by atoms with E-state index in [4.69, 9.17) is 9.47 Å². The molecule has 0 aliphatic carbocycles. The topological polar surface area (TPSA) is 50.8 Å². The van der Waals surface area contributed by atoms with Crippen LogP contribution >= 0.6 is 0 Å². The zero-order chi connectivity index (χ0) is 16.8. The lowest BCUT2D eigenvalue weighted by atomic mass is 10.00. The van der Waals surface area contributed by atoms with E-state index < -0.39 is 0 Å². The molecule has 2 atom stereocenters. The van der Waals surface area contributed by atoms with Crippen molar-refractivity contribution in [2.75, 3.05) is 33.4 Å². The second kappa shape index (κ2) is 8.31. The summed E-state index contributed by atoms with van der Waals surface area (Å²) in [6.07, 6.45) is 0.804. The van der Waals surface area contributed by atoms with Gasteiger partial charge in [0.2, 0.25) is 0 Å². The molecule has 1 saturated heterocycles. The van der Waals surface area contributed by atoms with E-state index in [2.05, 4.69) is 37.4 Å². The fourth-order valence-corrected chi connectivity index (χ4v) is 2.95. The van der Waals surface area contributed by atoms with Crippen LogP contribution in [0, 0.1) is 13.8 Å². The van der Waals surface area contributed by atoms with Crippen molar-refractivity contribution in [3.8, 4) is 0 Å². The van der Waals surface area contributed by atoms with Crippen LogP contribution in [0.3, 0.4) is 0 Å². The molecule has 128 valence electrons. The Labute approximate surface area is 139 Å². The quantitative estimate of drug-likeness (QED) is 0.905. The van der Waals surface area contributed by atoms with Crippen LogP contribution in [0.15, 0.2) is 18.2 Å². The van der Waals surface area contributed by atoms with Crippen LogP contribution in [0.2, 0.25) is 0 Å². The van der Waals surface area contributed by atoms with Crippen LogP contribution in [0.5, 0.6) is 0 Å². The Bertz CT molecular complexity index is 531. The molecular weight excluding hydrogens is 292 g/mol. The first kappa shape index (κ1) is 17.8. The molecule has 5 heteroatoms. The van der Waals surface area contributed by atoms with Crippen molar-refractivity contribution in [3.05, 3.63) is 34.9 Å². The molecule has 0 bridgehead atoms. The van der Waals surface area contributed by atoms with Gasteiger partial charge in [-0.15, -0.1) is 0 Å². The Morgan fingerprint density at radius 1 is 1.48 bits per heavy atom. The highest BCUT2D eigenvalue weighted by molar-refractivity contribution is 5.74. The van der Waals surface area contributed by atoms with E-state index >= 15 is 0 Å². The molecular formula is C18H28N2O3. The number of nitrogens with zero attached hydrogens (tertiary/aromatic N) is 1. The van der Waals surface area contributed by atoms with Gasteiger partial charge in [-0.25, -0.2) is 4.79 Å². The largest absolute Gasteiger partial charge is 0.382 e. The molecule has 23 heavy (non-hydrogen) atoms. The predicted octanol–water partition coefficient (Wildman–Crippen LogP) is 2.29. The molecule has 1 N–H and O–H groups in total. The van der Waals surface area contributed by atoms with Crippen molar-refractivity contribution < 1.29 is 14.3 Å². The molecule has 0 saturated carbocycles. The molecule has 0 spiro atoms. The van der Waals surface area contributed by atoms with Crippen LogP contribution in [0.4, 0.5) is 4.79 Å². The molecule has 0 radical (unpaired) electrons. The van der Waals surface area contributed by atoms with E-state index in [1.54, 1.807) is 7.11 Å². The highest BCUT2D eigenvalue weighted by Crippen LogP contribution is 2.13. The molecule has 0 unspecified atom stereocenters. The molecule has 1 aromatic rings. The Balaban J connectivity index is 1.86. The maximum absolute atomic E-state index is 12.4. The summed E-state index contributed by atoms with van der Waals surface area (Å²) in [7, 11) is 1.65. The van der Waals surface area contributed by atoms with Gasteiger partial charge in [0.15, 0.2) is 0 Å². The molecule has 1 aromatic carbocycles. The number of aryl methyl sites for hydroxylation is 2. The van der Waals surface area contributed by atoms with E-state index in [1.807, 2.05) is 11.8 Å². The Hall–Kier alpha value is -1.59. The zero-order valence-corrected chi connectivity index (χ0v) is 14.6. The number of urea groups is 1. The molecule has 1 aliphatic rings. The number of carbonyl (C=O) groups excluding carboxylic acids is 1. The summed E-state index contributed by atoms with van der Waals surface area (Å²) < 4.78 is 10.7. The Morgan fingerprint density at radius 2 is 2.26 bits per heavy atom. The predicted molar refractivity (Wildman–Crippen MR) is 90.8 cm³/mol. The summed E-state index contributed by atoms with van der Waals surface area (Å²) in [5.74, 6) is 0. The number of amides is 2. The number of ether oxygens (including phenoxy) is 2. The second-order valence-corrected chi connectivity index (χ2v) is 6.38. The van der Waals surface area contributed by atoms with Gasteiger partial charge in [0.25, 0.3) is 0 Å². The van der Waals surface area contributed by atoms with Crippen molar-refractivity contribution in [1.82, 2.24) is 10.2 Å². The standard InChI is InChI=1S/C18H28N2O3/c1-13-5-6-16(14(2)9-13)10-15(3)19-18(21)20-7-8-23-17(11-20)12-22-4/h5-6,9,15,17H,7-8,10-12H2,1-4H3,(H,19,21)/t15-,17+/m1/s1. The van der Waals surface area contributed by atoms with E-state index in [1.165, 1.54) is 16.7 Å². The number of carbonyl (C=O) groups is 1. The van der Waals surface area contributed by atoms with Crippen molar-refractivity contribution >= 4 is 6.03 Å². The van der Waals surface area contributed by atoms with Crippen molar-refractivity contribution in [1.29, 1.82) is 0 Å². The first-order valence-corrected chi connectivity index (χ1v) is 8.21. The van der Waals surface area contributed by atoms with Crippen LogP contribution in [0.25, 0.3) is 0 Å². The molecule has 2 rings (SSSR count). The third kappa shape index (κ3) is 5.22. The number of hydrogen-bond donors (Lipinski definition) is 1. The molecule has 0 aromatic heterocycles. The van der Waals surface area contributed by atoms with Crippen molar-refractivity contribution in [3.63, 3.8) is 0 Å². The average Bonchev–Trinajstić information content (AvgIpc) is 2.51. The smallest absolute Gasteiger partial charge is 0.317 e. The first-order chi connectivity index (χ1) is 11.0. The van der Waals surface area contributed by atoms with E-state index in [0.29, 0.717) is 26.3 Å².